The minimum Gasteiger partial charge on any atom is -0.435 e. The van der Waals surface area contributed by atoms with Crippen molar-refractivity contribution in [3.63, 3.8) is 0 Å². The van der Waals surface area contributed by atoms with E-state index in [1.807, 2.05) is 0 Å². The molecular formula is C20H18ClF5N4O3. The van der Waals surface area contributed by atoms with E-state index in [-0.39, 0.29) is 25.0 Å². The highest BCUT2D eigenvalue weighted by atomic mass is 35.5. The number of fused-ring (bicyclic) bond motifs is 2. The van der Waals surface area contributed by atoms with E-state index >= 15 is 0 Å². The van der Waals surface area contributed by atoms with Crippen molar-refractivity contribution >= 4 is 28.9 Å². The van der Waals surface area contributed by atoms with Crippen LogP contribution in [0.2, 0.25) is 5.02 Å². The summed E-state index contributed by atoms with van der Waals surface area (Å²) in [4.78, 5) is 28.6. The molecule has 2 aliphatic carbocycles. The van der Waals surface area contributed by atoms with Crippen molar-refractivity contribution in [3.05, 3.63) is 28.5 Å². The Kier molecular flexibility index (Phi) is 5.18. The molecule has 13 heteroatoms. The molecule has 0 bridgehead atoms. The lowest BCUT2D eigenvalue weighted by molar-refractivity contribution is -0.143. The number of ether oxygens (including phenoxy) is 1. The van der Waals surface area contributed by atoms with E-state index in [2.05, 4.69) is 9.84 Å². The fourth-order valence-corrected chi connectivity index (χ4v) is 5.19. The van der Waals surface area contributed by atoms with Gasteiger partial charge in [-0.3, -0.25) is 9.59 Å². The van der Waals surface area contributed by atoms with Crippen LogP contribution in [0.15, 0.2) is 12.1 Å². The second kappa shape index (κ2) is 7.71. The van der Waals surface area contributed by atoms with Crippen molar-refractivity contribution < 1.29 is 36.3 Å². The minimum absolute atomic E-state index is 0.167. The first-order valence-electron chi connectivity index (χ1n) is 10.4. The van der Waals surface area contributed by atoms with Gasteiger partial charge in [0.15, 0.2) is 5.69 Å². The van der Waals surface area contributed by atoms with Crippen LogP contribution in [0.4, 0.5) is 22.0 Å². The van der Waals surface area contributed by atoms with Gasteiger partial charge in [0.05, 0.1) is 10.5 Å². The normalized spacial score (nSPS) is 25.2. The maximum absolute atomic E-state index is 13.5. The molecule has 3 heterocycles. The molecule has 2 saturated carbocycles. The van der Waals surface area contributed by atoms with E-state index in [0.29, 0.717) is 29.0 Å². The van der Waals surface area contributed by atoms with Gasteiger partial charge in [-0.1, -0.05) is 11.6 Å². The monoisotopic (exact) mass is 492 g/mol. The molecule has 3 atom stereocenters. The van der Waals surface area contributed by atoms with Gasteiger partial charge in [-0.25, -0.2) is 4.52 Å². The average molecular weight is 493 g/mol. The molecule has 3 fully saturated rings. The first-order chi connectivity index (χ1) is 15.5. The molecule has 3 aliphatic rings. The second-order valence-corrected chi connectivity index (χ2v) is 8.99. The molecule has 0 aromatic carbocycles. The van der Waals surface area contributed by atoms with Crippen LogP contribution >= 0.6 is 11.6 Å². The van der Waals surface area contributed by atoms with E-state index in [0.717, 1.165) is 18.9 Å². The number of rotatable bonds is 4. The zero-order valence-electron chi connectivity index (χ0n) is 17.0. The number of amides is 2. The molecule has 1 saturated heterocycles. The second-order valence-electron chi connectivity index (χ2n) is 8.61. The Bertz CT molecular complexity index is 1130. The van der Waals surface area contributed by atoms with Crippen molar-refractivity contribution in [2.24, 2.45) is 11.8 Å². The lowest BCUT2D eigenvalue weighted by Gasteiger charge is -2.38. The van der Waals surface area contributed by atoms with Gasteiger partial charge < -0.3 is 14.5 Å². The Labute approximate surface area is 189 Å². The molecule has 7 nitrogen and oxygen atoms in total. The van der Waals surface area contributed by atoms with Gasteiger partial charge in [-0.15, -0.1) is 0 Å². The van der Waals surface area contributed by atoms with E-state index in [1.165, 1.54) is 11.3 Å². The zero-order chi connectivity index (χ0) is 23.7. The standard InChI is InChI=1S/C20H18ClF5N4O3/c21-16-13-6-12(33-19(22)23)7-14(20(24,25)26)30(13)27-17(16)18(32)28-1-2-29(15(31)8-28)11-4-9-3-10(9)5-11/h6-7,9-11,19H,1-5,8H2/t9-,10+,11?. The van der Waals surface area contributed by atoms with Gasteiger partial charge in [0.25, 0.3) is 5.91 Å². The highest BCUT2D eigenvalue weighted by Crippen LogP contribution is 2.53. The number of hydrogen-bond acceptors (Lipinski definition) is 4. The van der Waals surface area contributed by atoms with Gasteiger partial charge >= 0.3 is 12.8 Å². The Morgan fingerprint density at radius 1 is 1.15 bits per heavy atom. The third kappa shape index (κ3) is 3.98. The van der Waals surface area contributed by atoms with Crippen LogP contribution in [0.5, 0.6) is 5.75 Å². The van der Waals surface area contributed by atoms with E-state index in [1.54, 1.807) is 4.90 Å². The molecule has 1 aliphatic heterocycles. The van der Waals surface area contributed by atoms with E-state index in [4.69, 9.17) is 11.6 Å². The number of nitrogens with zero attached hydrogens (tertiary/aromatic N) is 4. The maximum atomic E-state index is 13.5. The number of carbonyl (C=O) groups excluding carboxylic acids is 2. The lowest BCUT2D eigenvalue weighted by Crippen LogP contribution is -2.55. The fourth-order valence-electron chi connectivity index (χ4n) is 4.93. The molecule has 0 radical (unpaired) electrons. The summed E-state index contributed by atoms with van der Waals surface area (Å²) in [5.41, 5.74) is -2.35. The van der Waals surface area contributed by atoms with Crippen LogP contribution < -0.4 is 4.74 Å². The Balaban J connectivity index is 1.41. The van der Waals surface area contributed by atoms with Crippen molar-refractivity contribution in [2.45, 2.75) is 38.1 Å². The average Bonchev–Trinajstić information content (AvgIpc) is 3.20. The number of aromatic nitrogens is 2. The van der Waals surface area contributed by atoms with Crippen molar-refractivity contribution in [1.29, 1.82) is 0 Å². The van der Waals surface area contributed by atoms with Gasteiger partial charge in [0.2, 0.25) is 5.91 Å². The molecule has 0 spiro atoms. The van der Waals surface area contributed by atoms with Crippen molar-refractivity contribution in [2.75, 3.05) is 19.6 Å². The summed E-state index contributed by atoms with van der Waals surface area (Å²) in [6.07, 6.45) is -1.85. The molecular weight excluding hydrogens is 475 g/mol. The summed E-state index contributed by atoms with van der Waals surface area (Å²) < 4.78 is 70.2. The summed E-state index contributed by atoms with van der Waals surface area (Å²) in [6.45, 7) is -3.09. The summed E-state index contributed by atoms with van der Waals surface area (Å²) >= 11 is 6.15. The van der Waals surface area contributed by atoms with E-state index in [9.17, 15) is 31.5 Å². The van der Waals surface area contributed by atoms with Crippen LogP contribution in [-0.4, -0.2) is 63.5 Å². The number of halogens is 6. The number of piperazine rings is 1. The third-order valence-electron chi connectivity index (χ3n) is 6.57. The molecule has 2 aromatic rings. The van der Waals surface area contributed by atoms with Crippen LogP contribution in [0.1, 0.15) is 35.4 Å². The quantitative estimate of drug-likeness (QED) is 0.611. The molecule has 2 amide bonds. The molecule has 178 valence electrons. The Hall–Kier alpha value is -2.63. The zero-order valence-corrected chi connectivity index (χ0v) is 17.7. The largest absolute Gasteiger partial charge is 0.435 e. The Morgan fingerprint density at radius 3 is 2.45 bits per heavy atom. The SMILES string of the molecule is O=C(c1nn2c(C(F)(F)F)cc(OC(F)F)cc2c1Cl)N1CCN(C2C[C@@H]3C[C@@H]3C2)C(=O)C1. The number of alkyl halides is 5. The third-order valence-corrected chi connectivity index (χ3v) is 6.94. The lowest BCUT2D eigenvalue weighted by atomic mass is 10.1. The van der Waals surface area contributed by atoms with Crippen molar-refractivity contribution in [3.8, 4) is 5.75 Å². The topological polar surface area (TPSA) is 67.2 Å². The smallest absolute Gasteiger partial charge is 0.433 e. The summed E-state index contributed by atoms with van der Waals surface area (Å²) in [5.74, 6) is -0.453. The Morgan fingerprint density at radius 2 is 1.85 bits per heavy atom. The maximum Gasteiger partial charge on any atom is 0.433 e. The molecule has 5 rings (SSSR count). The fraction of sp³-hybridized carbons (Fsp3) is 0.550. The van der Waals surface area contributed by atoms with E-state index < -0.39 is 46.4 Å². The highest BCUT2D eigenvalue weighted by molar-refractivity contribution is 6.36. The number of hydrogen-bond donors (Lipinski definition) is 0. The molecule has 33 heavy (non-hydrogen) atoms. The van der Waals surface area contributed by atoms with Crippen LogP contribution in [-0.2, 0) is 11.0 Å². The minimum atomic E-state index is -4.99. The van der Waals surface area contributed by atoms with Gasteiger partial charge in [-0.05, 0) is 31.1 Å². The predicted octanol–water partition coefficient (Wildman–Crippen LogP) is 3.69. The van der Waals surface area contributed by atoms with Crippen LogP contribution in [0.3, 0.4) is 0 Å². The predicted molar refractivity (Wildman–Crippen MR) is 104 cm³/mol. The molecule has 0 N–H and O–H groups in total. The number of pyridine rings is 1. The number of carbonyl (C=O) groups is 2. The van der Waals surface area contributed by atoms with Crippen LogP contribution in [0.25, 0.3) is 5.52 Å². The molecule has 2 aromatic heterocycles. The van der Waals surface area contributed by atoms with Gasteiger partial charge in [-0.2, -0.15) is 27.1 Å². The van der Waals surface area contributed by atoms with Gasteiger partial charge in [0.1, 0.15) is 18.0 Å². The first-order valence-corrected chi connectivity index (χ1v) is 10.7. The first kappa shape index (κ1) is 22.2. The van der Waals surface area contributed by atoms with Gasteiger partial charge in [0, 0.05) is 31.3 Å². The van der Waals surface area contributed by atoms with Crippen LogP contribution in [0, 0.1) is 11.8 Å². The summed E-state index contributed by atoms with van der Waals surface area (Å²) in [5, 5.41) is 3.27. The highest BCUT2D eigenvalue weighted by Gasteiger charge is 2.49. The summed E-state index contributed by atoms with van der Waals surface area (Å²) in [6, 6.07) is 1.37. The molecule has 1 unspecified atom stereocenters. The van der Waals surface area contributed by atoms with Crippen molar-refractivity contribution in [1.82, 2.24) is 19.4 Å². The summed E-state index contributed by atoms with van der Waals surface area (Å²) in [7, 11) is 0.